The van der Waals surface area contributed by atoms with Gasteiger partial charge in [0.05, 0.1) is 0 Å². The molecule has 1 saturated heterocycles. The normalized spacial score (nSPS) is 23.7. The van der Waals surface area contributed by atoms with E-state index < -0.39 is 0 Å². The van der Waals surface area contributed by atoms with Crippen LogP contribution in [-0.2, 0) is 12.8 Å². The van der Waals surface area contributed by atoms with Crippen molar-refractivity contribution >= 4 is 10.9 Å². The molecule has 2 aromatic heterocycles. The van der Waals surface area contributed by atoms with Crippen LogP contribution in [0.25, 0.3) is 10.9 Å². The van der Waals surface area contributed by atoms with Crippen LogP contribution in [-0.4, -0.2) is 52.0 Å². The van der Waals surface area contributed by atoms with Crippen molar-refractivity contribution in [2.45, 2.75) is 31.8 Å². The van der Waals surface area contributed by atoms with E-state index >= 15 is 0 Å². The Kier molecular flexibility index (Phi) is 4.03. The van der Waals surface area contributed by atoms with Gasteiger partial charge in [0.2, 0.25) is 0 Å². The fourth-order valence-corrected chi connectivity index (χ4v) is 4.86. The molecule has 4 nitrogen and oxygen atoms in total. The molecule has 2 aliphatic rings. The van der Waals surface area contributed by atoms with Crippen LogP contribution >= 0.6 is 0 Å². The van der Waals surface area contributed by atoms with E-state index in [4.69, 9.17) is 0 Å². The predicted molar refractivity (Wildman–Crippen MR) is 105 cm³/mol. The van der Waals surface area contributed by atoms with Crippen molar-refractivity contribution in [3.63, 3.8) is 0 Å². The molecule has 5 rings (SSSR count). The van der Waals surface area contributed by atoms with Crippen LogP contribution in [0.4, 0.5) is 0 Å². The molecule has 1 fully saturated rings. The van der Waals surface area contributed by atoms with Crippen LogP contribution in [0, 0.1) is 0 Å². The summed E-state index contributed by atoms with van der Waals surface area (Å²) >= 11 is 0. The third-order valence-corrected chi connectivity index (χ3v) is 6.28. The Morgan fingerprint density at radius 2 is 1.96 bits per heavy atom. The SMILES string of the molecule is CC1c2[nH]c3ccccc3c2CC2CN(CCc3ccncc3)CCN21. The molecule has 2 atom stereocenters. The van der Waals surface area contributed by atoms with E-state index in [1.165, 1.54) is 35.2 Å². The minimum absolute atomic E-state index is 0.485. The van der Waals surface area contributed by atoms with Gasteiger partial charge in [-0.2, -0.15) is 0 Å². The number of rotatable bonds is 3. The number of pyridine rings is 1. The molecule has 1 aromatic carbocycles. The average molecular weight is 346 g/mol. The summed E-state index contributed by atoms with van der Waals surface area (Å²) in [5, 5.41) is 1.42. The predicted octanol–water partition coefficient (Wildman–Crippen LogP) is 3.41. The molecule has 0 bridgehead atoms. The zero-order valence-electron chi connectivity index (χ0n) is 15.4. The smallest absolute Gasteiger partial charge is 0.0477 e. The molecule has 0 aliphatic carbocycles. The van der Waals surface area contributed by atoms with Gasteiger partial charge in [0.15, 0.2) is 0 Å². The van der Waals surface area contributed by atoms with Gasteiger partial charge in [-0.15, -0.1) is 0 Å². The topological polar surface area (TPSA) is 35.2 Å². The van der Waals surface area contributed by atoms with Gasteiger partial charge in [-0.25, -0.2) is 0 Å². The Morgan fingerprint density at radius 3 is 2.85 bits per heavy atom. The van der Waals surface area contributed by atoms with Crippen LogP contribution in [0.15, 0.2) is 48.8 Å². The second-order valence-corrected chi connectivity index (χ2v) is 7.74. The lowest BCUT2D eigenvalue weighted by Crippen LogP contribution is -2.56. The average Bonchev–Trinajstić information content (AvgIpc) is 3.06. The summed E-state index contributed by atoms with van der Waals surface area (Å²) in [5.74, 6) is 0. The van der Waals surface area contributed by atoms with Gasteiger partial charge < -0.3 is 9.88 Å². The zero-order chi connectivity index (χ0) is 17.5. The van der Waals surface area contributed by atoms with Crippen LogP contribution < -0.4 is 0 Å². The summed E-state index contributed by atoms with van der Waals surface area (Å²) in [5.41, 5.74) is 5.66. The molecule has 0 saturated carbocycles. The first-order chi connectivity index (χ1) is 12.8. The Hall–Kier alpha value is -2.17. The van der Waals surface area contributed by atoms with Gasteiger partial charge in [-0.1, -0.05) is 18.2 Å². The minimum atomic E-state index is 0.485. The largest absolute Gasteiger partial charge is 0.357 e. The fourth-order valence-electron chi connectivity index (χ4n) is 4.86. The number of piperazine rings is 1. The molecule has 0 spiro atoms. The quantitative estimate of drug-likeness (QED) is 0.789. The lowest BCUT2D eigenvalue weighted by molar-refractivity contribution is 0.0362. The molecular weight excluding hydrogens is 320 g/mol. The lowest BCUT2D eigenvalue weighted by Gasteiger charge is -2.47. The summed E-state index contributed by atoms with van der Waals surface area (Å²) in [7, 11) is 0. The van der Waals surface area contributed by atoms with Crippen molar-refractivity contribution in [1.29, 1.82) is 0 Å². The molecule has 4 heteroatoms. The van der Waals surface area contributed by atoms with E-state index in [2.05, 4.69) is 63.1 Å². The van der Waals surface area contributed by atoms with Gasteiger partial charge in [0.1, 0.15) is 0 Å². The molecule has 134 valence electrons. The Balaban J connectivity index is 1.34. The van der Waals surface area contributed by atoms with E-state index in [0.29, 0.717) is 12.1 Å². The van der Waals surface area contributed by atoms with Crippen molar-refractivity contribution in [2.75, 3.05) is 26.2 Å². The third-order valence-electron chi connectivity index (χ3n) is 6.28. The van der Waals surface area contributed by atoms with Crippen molar-refractivity contribution in [1.82, 2.24) is 19.8 Å². The number of hydrogen-bond acceptors (Lipinski definition) is 3. The van der Waals surface area contributed by atoms with Crippen molar-refractivity contribution < 1.29 is 0 Å². The Labute approximate surface area is 154 Å². The van der Waals surface area contributed by atoms with Gasteiger partial charge in [0.25, 0.3) is 0 Å². The van der Waals surface area contributed by atoms with Gasteiger partial charge in [-0.05, 0) is 49.1 Å². The second kappa shape index (κ2) is 6.53. The summed E-state index contributed by atoms with van der Waals surface area (Å²) in [4.78, 5) is 13.2. The van der Waals surface area contributed by atoms with Crippen LogP contribution in [0.2, 0.25) is 0 Å². The zero-order valence-corrected chi connectivity index (χ0v) is 15.4. The van der Waals surface area contributed by atoms with Crippen LogP contribution in [0.3, 0.4) is 0 Å². The first kappa shape index (κ1) is 16.0. The van der Waals surface area contributed by atoms with Crippen LogP contribution in [0.1, 0.15) is 29.8 Å². The van der Waals surface area contributed by atoms with Crippen molar-refractivity contribution in [3.8, 4) is 0 Å². The number of benzene rings is 1. The van der Waals surface area contributed by atoms with Gasteiger partial charge >= 0.3 is 0 Å². The first-order valence-corrected chi connectivity index (χ1v) is 9.76. The molecule has 0 radical (unpaired) electrons. The first-order valence-electron chi connectivity index (χ1n) is 9.76. The molecule has 1 N–H and O–H groups in total. The number of nitrogens with one attached hydrogen (secondary N) is 1. The number of aromatic amines is 1. The summed E-state index contributed by atoms with van der Waals surface area (Å²) in [6.45, 7) is 7.02. The van der Waals surface area contributed by atoms with Gasteiger partial charge in [-0.3, -0.25) is 9.88 Å². The fraction of sp³-hybridized carbons (Fsp3) is 0.409. The molecule has 2 unspecified atom stereocenters. The minimum Gasteiger partial charge on any atom is -0.357 e. The molecule has 0 amide bonds. The number of hydrogen-bond donors (Lipinski definition) is 1. The highest BCUT2D eigenvalue weighted by atomic mass is 15.3. The Morgan fingerprint density at radius 1 is 1.12 bits per heavy atom. The number of para-hydroxylation sites is 1. The molecular formula is C22H26N4. The summed E-state index contributed by atoms with van der Waals surface area (Å²) < 4.78 is 0. The second-order valence-electron chi connectivity index (χ2n) is 7.74. The molecule has 26 heavy (non-hydrogen) atoms. The number of nitrogens with zero attached hydrogens (tertiary/aromatic N) is 3. The highest BCUT2D eigenvalue weighted by Gasteiger charge is 2.37. The standard InChI is InChI=1S/C22H26N4/c1-16-22-20(19-4-2-3-5-21(19)24-22)14-18-15-25(12-13-26(16)18)11-8-17-6-9-23-10-7-17/h2-7,9-10,16,18,24H,8,11-15H2,1H3. The highest BCUT2D eigenvalue weighted by Crippen LogP contribution is 2.38. The number of fused-ring (bicyclic) bond motifs is 4. The van der Waals surface area contributed by atoms with E-state index in [9.17, 15) is 0 Å². The van der Waals surface area contributed by atoms with E-state index in [-0.39, 0.29) is 0 Å². The monoisotopic (exact) mass is 346 g/mol. The maximum absolute atomic E-state index is 4.12. The molecule has 4 heterocycles. The van der Waals surface area contributed by atoms with Crippen molar-refractivity contribution in [3.05, 3.63) is 65.6 Å². The van der Waals surface area contributed by atoms with Gasteiger partial charge in [0, 0.05) is 67.3 Å². The van der Waals surface area contributed by atoms with E-state index in [1.54, 1.807) is 5.56 Å². The third kappa shape index (κ3) is 2.74. The molecule has 3 aromatic rings. The number of H-pyrrole nitrogens is 1. The van der Waals surface area contributed by atoms with E-state index in [1.807, 2.05) is 12.4 Å². The molecule has 2 aliphatic heterocycles. The van der Waals surface area contributed by atoms with E-state index in [0.717, 1.165) is 25.9 Å². The maximum atomic E-state index is 4.12. The van der Waals surface area contributed by atoms with Crippen molar-refractivity contribution in [2.24, 2.45) is 0 Å². The maximum Gasteiger partial charge on any atom is 0.0477 e. The van der Waals surface area contributed by atoms with Crippen LogP contribution in [0.5, 0.6) is 0 Å². The highest BCUT2D eigenvalue weighted by molar-refractivity contribution is 5.85. The Bertz CT molecular complexity index is 901. The summed E-state index contributed by atoms with van der Waals surface area (Å²) in [6.07, 6.45) is 6.07. The number of aromatic nitrogens is 2. The summed E-state index contributed by atoms with van der Waals surface area (Å²) in [6, 6.07) is 14.2. The lowest BCUT2D eigenvalue weighted by atomic mass is 9.90.